The van der Waals surface area contributed by atoms with Gasteiger partial charge >= 0.3 is 6.09 Å². The molecule has 1 amide bonds. The molecule has 0 aromatic heterocycles. The Morgan fingerprint density at radius 1 is 1.38 bits per heavy atom. The Hall–Kier alpha value is -1.03. The standard InChI is InChI=1S/C17H31NO3/c1-5-9-14(19)12-15(13-10-7-6-8-11-13)18-16(20)21-17(2,3)4/h5,13-15,19H,1,6-12H2,2-4H3,(H,18,20)/t14-,15-/m0/s1. The van der Waals surface area contributed by atoms with E-state index in [1.807, 2.05) is 20.8 Å². The summed E-state index contributed by atoms with van der Waals surface area (Å²) in [5, 5.41) is 13.0. The molecule has 1 rings (SSSR count). The third-order valence-corrected chi connectivity index (χ3v) is 3.89. The van der Waals surface area contributed by atoms with Crippen molar-refractivity contribution in [2.24, 2.45) is 5.92 Å². The molecule has 122 valence electrons. The molecule has 4 heteroatoms. The molecule has 0 aliphatic heterocycles. The van der Waals surface area contributed by atoms with Crippen LogP contribution in [-0.4, -0.2) is 28.9 Å². The number of aliphatic hydroxyl groups excluding tert-OH is 1. The van der Waals surface area contributed by atoms with Crippen molar-refractivity contribution in [1.29, 1.82) is 0 Å². The lowest BCUT2D eigenvalue weighted by Crippen LogP contribution is -2.45. The number of alkyl carbamates (subject to hydrolysis) is 1. The van der Waals surface area contributed by atoms with Crippen LogP contribution in [0, 0.1) is 5.92 Å². The highest BCUT2D eigenvalue weighted by Crippen LogP contribution is 2.29. The molecule has 1 fully saturated rings. The maximum Gasteiger partial charge on any atom is 0.407 e. The maximum absolute atomic E-state index is 12.0. The molecular weight excluding hydrogens is 266 g/mol. The second-order valence-corrected chi connectivity index (χ2v) is 7.06. The third kappa shape index (κ3) is 7.51. The first-order valence-electron chi connectivity index (χ1n) is 8.10. The fourth-order valence-electron chi connectivity index (χ4n) is 2.95. The van der Waals surface area contributed by atoms with E-state index in [-0.39, 0.29) is 12.1 Å². The number of rotatable bonds is 6. The maximum atomic E-state index is 12.0. The fraction of sp³-hybridized carbons (Fsp3) is 0.824. The summed E-state index contributed by atoms with van der Waals surface area (Å²) in [6.45, 7) is 9.23. The Morgan fingerprint density at radius 3 is 2.52 bits per heavy atom. The highest BCUT2D eigenvalue weighted by atomic mass is 16.6. The van der Waals surface area contributed by atoms with Crippen molar-refractivity contribution in [3.63, 3.8) is 0 Å². The van der Waals surface area contributed by atoms with E-state index in [1.54, 1.807) is 6.08 Å². The minimum Gasteiger partial charge on any atom is -0.444 e. The van der Waals surface area contributed by atoms with Crippen LogP contribution in [0.5, 0.6) is 0 Å². The molecule has 4 nitrogen and oxygen atoms in total. The molecule has 0 spiro atoms. The van der Waals surface area contributed by atoms with E-state index in [0.717, 1.165) is 12.8 Å². The molecule has 1 saturated carbocycles. The second kappa shape index (κ2) is 8.42. The Bertz CT molecular complexity index is 329. The van der Waals surface area contributed by atoms with Crippen molar-refractivity contribution >= 4 is 6.09 Å². The van der Waals surface area contributed by atoms with Crippen molar-refractivity contribution in [3.8, 4) is 0 Å². The quantitative estimate of drug-likeness (QED) is 0.733. The van der Waals surface area contributed by atoms with E-state index in [2.05, 4.69) is 11.9 Å². The van der Waals surface area contributed by atoms with E-state index >= 15 is 0 Å². The van der Waals surface area contributed by atoms with Gasteiger partial charge in [-0.3, -0.25) is 0 Å². The van der Waals surface area contributed by atoms with Crippen molar-refractivity contribution in [3.05, 3.63) is 12.7 Å². The van der Waals surface area contributed by atoms with Crippen LogP contribution < -0.4 is 5.32 Å². The van der Waals surface area contributed by atoms with Crippen LogP contribution in [0.15, 0.2) is 12.7 Å². The highest BCUT2D eigenvalue weighted by molar-refractivity contribution is 5.68. The van der Waals surface area contributed by atoms with Crippen LogP contribution >= 0.6 is 0 Å². The molecule has 21 heavy (non-hydrogen) atoms. The molecule has 1 aliphatic rings. The van der Waals surface area contributed by atoms with E-state index in [4.69, 9.17) is 4.74 Å². The zero-order chi connectivity index (χ0) is 15.9. The van der Waals surface area contributed by atoms with Gasteiger partial charge in [0.05, 0.1) is 6.10 Å². The number of carbonyl (C=O) groups excluding carboxylic acids is 1. The smallest absolute Gasteiger partial charge is 0.407 e. The van der Waals surface area contributed by atoms with Gasteiger partial charge in [-0.2, -0.15) is 0 Å². The summed E-state index contributed by atoms with van der Waals surface area (Å²) >= 11 is 0. The predicted molar refractivity (Wildman–Crippen MR) is 85.2 cm³/mol. The Kier molecular flexibility index (Phi) is 7.23. The van der Waals surface area contributed by atoms with Crippen LogP contribution in [-0.2, 0) is 4.74 Å². The number of nitrogens with one attached hydrogen (secondary N) is 1. The van der Waals surface area contributed by atoms with Crippen LogP contribution in [0.2, 0.25) is 0 Å². The van der Waals surface area contributed by atoms with Gasteiger partial charge in [-0.25, -0.2) is 4.79 Å². The first-order chi connectivity index (χ1) is 9.81. The van der Waals surface area contributed by atoms with E-state index in [0.29, 0.717) is 18.8 Å². The van der Waals surface area contributed by atoms with Gasteiger partial charge in [0.1, 0.15) is 5.60 Å². The van der Waals surface area contributed by atoms with Crippen LogP contribution in [0.4, 0.5) is 4.79 Å². The van der Waals surface area contributed by atoms with E-state index in [9.17, 15) is 9.90 Å². The highest BCUT2D eigenvalue weighted by Gasteiger charge is 2.28. The van der Waals surface area contributed by atoms with Crippen LogP contribution in [0.1, 0.15) is 65.7 Å². The predicted octanol–water partition coefficient (Wildman–Crippen LogP) is 3.79. The van der Waals surface area contributed by atoms with Crippen molar-refractivity contribution in [2.45, 2.75) is 83.5 Å². The van der Waals surface area contributed by atoms with Gasteiger partial charge in [0, 0.05) is 6.04 Å². The summed E-state index contributed by atoms with van der Waals surface area (Å²) in [4.78, 5) is 12.0. The van der Waals surface area contributed by atoms with Gasteiger partial charge in [0.25, 0.3) is 0 Å². The van der Waals surface area contributed by atoms with Crippen molar-refractivity contribution < 1.29 is 14.6 Å². The molecule has 0 unspecified atom stereocenters. The van der Waals surface area contributed by atoms with Gasteiger partial charge in [0.15, 0.2) is 0 Å². The largest absolute Gasteiger partial charge is 0.444 e. The number of carbonyl (C=O) groups is 1. The number of aliphatic hydroxyl groups is 1. The van der Waals surface area contributed by atoms with Crippen LogP contribution in [0.3, 0.4) is 0 Å². The minimum absolute atomic E-state index is 0.0184. The summed E-state index contributed by atoms with van der Waals surface area (Å²) in [5.74, 6) is 0.436. The van der Waals surface area contributed by atoms with Crippen molar-refractivity contribution in [2.75, 3.05) is 0 Å². The summed E-state index contributed by atoms with van der Waals surface area (Å²) in [5.41, 5.74) is -0.499. The van der Waals surface area contributed by atoms with Gasteiger partial charge in [-0.15, -0.1) is 6.58 Å². The van der Waals surface area contributed by atoms with Crippen molar-refractivity contribution in [1.82, 2.24) is 5.32 Å². The molecule has 1 aliphatic carbocycles. The lowest BCUT2D eigenvalue weighted by atomic mass is 9.81. The molecule has 0 aromatic rings. The fourth-order valence-corrected chi connectivity index (χ4v) is 2.95. The van der Waals surface area contributed by atoms with Gasteiger partial charge in [0.2, 0.25) is 0 Å². The normalized spacial score (nSPS) is 19.6. The van der Waals surface area contributed by atoms with E-state index < -0.39 is 11.7 Å². The summed E-state index contributed by atoms with van der Waals surface area (Å²) in [7, 11) is 0. The molecule has 2 N–H and O–H groups in total. The lowest BCUT2D eigenvalue weighted by Gasteiger charge is -2.33. The molecule has 2 atom stereocenters. The van der Waals surface area contributed by atoms with Gasteiger partial charge < -0.3 is 15.2 Å². The van der Waals surface area contributed by atoms with E-state index in [1.165, 1.54) is 19.3 Å². The molecule has 0 saturated heterocycles. The topological polar surface area (TPSA) is 58.6 Å². The summed E-state index contributed by atoms with van der Waals surface area (Å²) in [6.07, 6.45) is 7.90. The Balaban J connectivity index is 2.61. The number of ether oxygens (including phenoxy) is 1. The number of hydrogen-bond donors (Lipinski definition) is 2. The second-order valence-electron chi connectivity index (χ2n) is 7.06. The molecule has 0 heterocycles. The zero-order valence-electron chi connectivity index (χ0n) is 13.7. The SMILES string of the molecule is C=CC[C@H](O)C[C@H](NC(=O)OC(C)(C)C)C1CCCCC1. The zero-order valence-corrected chi connectivity index (χ0v) is 13.7. The average Bonchev–Trinajstić information content (AvgIpc) is 2.37. The van der Waals surface area contributed by atoms with Gasteiger partial charge in [-0.05, 0) is 52.4 Å². The van der Waals surface area contributed by atoms with Crippen LogP contribution in [0.25, 0.3) is 0 Å². The first-order valence-corrected chi connectivity index (χ1v) is 8.10. The summed E-state index contributed by atoms with van der Waals surface area (Å²) in [6, 6.07) is -0.0184. The third-order valence-electron chi connectivity index (χ3n) is 3.89. The monoisotopic (exact) mass is 297 g/mol. The van der Waals surface area contributed by atoms with Gasteiger partial charge in [-0.1, -0.05) is 25.3 Å². The average molecular weight is 297 g/mol. The number of hydrogen-bond acceptors (Lipinski definition) is 3. The molecule has 0 radical (unpaired) electrons. The molecule has 0 bridgehead atoms. The minimum atomic E-state index is -0.499. The number of amides is 1. The lowest BCUT2D eigenvalue weighted by molar-refractivity contribution is 0.0442. The Morgan fingerprint density at radius 2 is 2.00 bits per heavy atom. The molecular formula is C17H31NO3. The summed E-state index contributed by atoms with van der Waals surface area (Å²) < 4.78 is 5.35. The molecule has 0 aromatic carbocycles. The first kappa shape index (κ1) is 18.0. The Labute approximate surface area is 129 Å².